The molecule has 27 heavy (non-hydrogen) atoms. The summed E-state index contributed by atoms with van der Waals surface area (Å²) in [6, 6.07) is 16.9. The second-order valence-electron chi connectivity index (χ2n) is 7.72. The molecule has 2 atom stereocenters. The van der Waals surface area contributed by atoms with E-state index >= 15 is 0 Å². The predicted molar refractivity (Wildman–Crippen MR) is 107 cm³/mol. The van der Waals surface area contributed by atoms with Gasteiger partial charge in [-0.3, -0.25) is 9.69 Å². The highest BCUT2D eigenvalue weighted by Crippen LogP contribution is 2.39. The molecule has 2 aromatic carbocycles. The standard InChI is InChI=1S/C23H28N2O2/c1-27-20-7-8-21-19(15-20)10-12-25-11-9-18(13-22(21)25)16-24-23(26)14-17-5-3-2-4-6-17/h2-8,15,18,22H,9-14,16H2,1H3,(H,24,26). The van der Waals surface area contributed by atoms with Gasteiger partial charge in [-0.15, -0.1) is 0 Å². The molecule has 4 nitrogen and oxygen atoms in total. The number of piperidine rings is 1. The molecule has 4 rings (SSSR count). The molecule has 0 spiro atoms. The Bertz CT molecular complexity index is 790. The van der Waals surface area contributed by atoms with Crippen molar-refractivity contribution in [1.29, 1.82) is 0 Å². The highest BCUT2D eigenvalue weighted by Gasteiger charge is 2.33. The van der Waals surface area contributed by atoms with E-state index in [9.17, 15) is 4.79 Å². The predicted octanol–water partition coefficient (Wildman–Crippen LogP) is 3.36. The topological polar surface area (TPSA) is 41.6 Å². The summed E-state index contributed by atoms with van der Waals surface area (Å²) in [5.74, 6) is 1.61. The van der Waals surface area contributed by atoms with Gasteiger partial charge >= 0.3 is 0 Å². The molecular formula is C23H28N2O2. The lowest BCUT2D eigenvalue weighted by atomic mass is 9.82. The average molecular weight is 364 g/mol. The third kappa shape index (κ3) is 4.16. The van der Waals surface area contributed by atoms with Gasteiger partial charge in [-0.1, -0.05) is 36.4 Å². The van der Waals surface area contributed by atoms with Crippen molar-refractivity contribution in [3.8, 4) is 5.75 Å². The van der Waals surface area contributed by atoms with Crippen LogP contribution in [-0.2, 0) is 17.6 Å². The van der Waals surface area contributed by atoms with E-state index < -0.39 is 0 Å². The Balaban J connectivity index is 1.35. The molecule has 2 aromatic rings. The first-order valence-electron chi connectivity index (χ1n) is 9.94. The number of methoxy groups -OCH3 is 1. The van der Waals surface area contributed by atoms with Crippen molar-refractivity contribution in [3.63, 3.8) is 0 Å². The first kappa shape index (κ1) is 18.1. The van der Waals surface area contributed by atoms with E-state index in [1.54, 1.807) is 7.11 Å². The molecule has 142 valence electrons. The van der Waals surface area contributed by atoms with Crippen LogP contribution in [0.3, 0.4) is 0 Å². The van der Waals surface area contributed by atoms with Crippen LogP contribution in [0.25, 0.3) is 0 Å². The quantitative estimate of drug-likeness (QED) is 0.884. The fourth-order valence-corrected chi connectivity index (χ4v) is 4.48. The number of hydrogen-bond donors (Lipinski definition) is 1. The highest BCUT2D eigenvalue weighted by atomic mass is 16.5. The first-order valence-corrected chi connectivity index (χ1v) is 9.94. The number of nitrogens with zero attached hydrogens (tertiary/aromatic N) is 1. The highest BCUT2D eigenvalue weighted by molar-refractivity contribution is 5.78. The summed E-state index contributed by atoms with van der Waals surface area (Å²) in [4.78, 5) is 14.9. The molecule has 0 aliphatic carbocycles. The van der Waals surface area contributed by atoms with Gasteiger partial charge in [-0.2, -0.15) is 0 Å². The first-order chi connectivity index (χ1) is 13.2. The second kappa shape index (κ2) is 8.13. The van der Waals surface area contributed by atoms with E-state index in [2.05, 4.69) is 28.4 Å². The van der Waals surface area contributed by atoms with Crippen LogP contribution in [0.5, 0.6) is 5.75 Å². The molecule has 1 amide bonds. The van der Waals surface area contributed by atoms with Gasteiger partial charge in [0, 0.05) is 19.1 Å². The van der Waals surface area contributed by atoms with Crippen LogP contribution < -0.4 is 10.1 Å². The van der Waals surface area contributed by atoms with Crippen molar-refractivity contribution in [1.82, 2.24) is 10.2 Å². The molecular weight excluding hydrogens is 336 g/mol. The minimum atomic E-state index is 0.123. The van der Waals surface area contributed by atoms with Gasteiger partial charge in [0.25, 0.3) is 0 Å². The molecule has 2 aliphatic heterocycles. The number of carbonyl (C=O) groups excluding carboxylic acids is 1. The van der Waals surface area contributed by atoms with Crippen LogP contribution in [0.4, 0.5) is 0 Å². The van der Waals surface area contributed by atoms with E-state index in [1.807, 2.05) is 30.3 Å². The van der Waals surface area contributed by atoms with E-state index in [4.69, 9.17) is 4.74 Å². The van der Waals surface area contributed by atoms with Crippen molar-refractivity contribution in [2.45, 2.75) is 31.7 Å². The molecule has 0 bridgehead atoms. The van der Waals surface area contributed by atoms with Gasteiger partial charge in [0.15, 0.2) is 0 Å². The van der Waals surface area contributed by atoms with E-state index in [-0.39, 0.29) is 5.91 Å². The molecule has 2 heterocycles. The summed E-state index contributed by atoms with van der Waals surface area (Å²) in [5.41, 5.74) is 3.94. The maximum absolute atomic E-state index is 12.3. The summed E-state index contributed by atoms with van der Waals surface area (Å²) in [6.07, 6.45) is 3.84. The molecule has 1 fully saturated rings. The van der Waals surface area contributed by atoms with E-state index in [0.717, 1.165) is 50.2 Å². The third-order valence-electron chi connectivity index (χ3n) is 5.99. The lowest BCUT2D eigenvalue weighted by Gasteiger charge is -2.43. The van der Waals surface area contributed by atoms with Crippen molar-refractivity contribution in [2.75, 3.05) is 26.7 Å². The van der Waals surface area contributed by atoms with Gasteiger partial charge < -0.3 is 10.1 Å². The Morgan fingerprint density at radius 3 is 2.85 bits per heavy atom. The summed E-state index contributed by atoms with van der Waals surface area (Å²) in [6.45, 7) is 3.02. The number of fused-ring (bicyclic) bond motifs is 3. The van der Waals surface area contributed by atoms with Gasteiger partial charge in [0.05, 0.1) is 13.5 Å². The minimum absolute atomic E-state index is 0.123. The zero-order valence-electron chi connectivity index (χ0n) is 16.0. The van der Waals surface area contributed by atoms with Crippen LogP contribution in [0.15, 0.2) is 48.5 Å². The number of rotatable bonds is 5. The lowest BCUT2D eigenvalue weighted by molar-refractivity contribution is -0.120. The number of ether oxygens (including phenoxy) is 1. The smallest absolute Gasteiger partial charge is 0.224 e. The van der Waals surface area contributed by atoms with Crippen molar-refractivity contribution < 1.29 is 9.53 Å². The molecule has 0 saturated carbocycles. The Kier molecular flexibility index (Phi) is 5.44. The molecule has 1 N–H and O–H groups in total. The summed E-state index contributed by atoms with van der Waals surface area (Å²) in [7, 11) is 1.73. The zero-order valence-corrected chi connectivity index (χ0v) is 16.0. The van der Waals surface area contributed by atoms with Gasteiger partial charge in [0.2, 0.25) is 5.91 Å². The number of hydrogen-bond acceptors (Lipinski definition) is 3. The lowest BCUT2D eigenvalue weighted by Crippen LogP contribution is -2.44. The normalized spacial score (nSPS) is 21.8. The van der Waals surface area contributed by atoms with Crippen molar-refractivity contribution in [2.24, 2.45) is 5.92 Å². The van der Waals surface area contributed by atoms with Gasteiger partial charge in [0.1, 0.15) is 5.75 Å². The van der Waals surface area contributed by atoms with E-state index in [1.165, 1.54) is 11.1 Å². The van der Waals surface area contributed by atoms with Gasteiger partial charge in [-0.25, -0.2) is 0 Å². The van der Waals surface area contributed by atoms with Crippen LogP contribution >= 0.6 is 0 Å². The Morgan fingerprint density at radius 2 is 2.04 bits per heavy atom. The number of benzene rings is 2. The molecule has 0 aromatic heterocycles. The van der Waals surface area contributed by atoms with Crippen LogP contribution in [0.1, 0.15) is 35.6 Å². The monoisotopic (exact) mass is 364 g/mol. The molecule has 1 saturated heterocycles. The molecule has 4 heteroatoms. The average Bonchev–Trinajstić information content (AvgIpc) is 2.72. The number of nitrogens with one attached hydrogen (secondary N) is 1. The molecule has 0 radical (unpaired) electrons. The largest absolute Gasteiger partial charge is 0.497 e. The summed E-state index contributed by atoms with van der Waals surface area (Å²) in [5, 5.41) is 3.16. The van der Waals surface area contributed by atoms with Crippen LogP contribution in [0.2, 0.25) is 0 Å². The van der Waals surface area contributed by atoms with E-state index in [0.29, 0.717) is 18.4 Å². The maximum Gasteiger partial charge on any atom is 0.224 e. The fraction of sp³-hybridized carbons (Fsp3) is 0.435. The summed E-state index contributed by atoms with van der Waals surface area (Å²) < 4.78 is 5.39. The Hall–Kier alpha value is -2.33. The van der Waals surface area contributed by atoms with Crippen LogP contribution in [0, 0.1) is 5.92 Å². The molecule has 2 aliphatic rings. The van der Waals surface area contributed by atoms with Crippen molar-refractivity contribution >= 4 is 5.91 Å². The van der Waals surface area contributed by atoms with Crippen LogP contribution in [-0.4, -0.2) is 37.6 Å². The zero-order chi connectivity index (χ0) is 18.6. The van der Waals surface area contributed by atoms with Crippen molar-refractivity contribution in [3.05, 3.63) is 65.2 Å². The molecule has 2 unspecified atom stereocenters. The third-order valence-corrected chi connectivity index (χ3v) is 5.99. The van der Waals surface area contributed by atoms with Gasteiger partial charge in [-0.05, 0) is 60.5 Å². The second-order valence-corrected chi connectivity index (χ2v) is 7.72. The maximum atomic E-state index is 12.3. The Labute approximate surface area is 161 Å². The fourth-order valence-electron chi connectivity index (χ4n) is 4.48. The minimum Gasteiger partial charge on any atom is -0.497 e. The number of amides is 1. The Morgan fingerprint density at radius 1 is 1.19 bits per heavy atom. The SMILES string of the molecule is COc1ccc2c(c1)CCN1CCC(CNC(=O)Cc3ccccc3)CC21. The number of carbonyl (C=O) groups is 1. The summed E-state index contributed by atoms with van der Waals surface area (Å²) >= 11 is 0.